The Morgan fingerprint density at radius 1 is 1.16 bits per heavy atom. The normalized spacial score (nSPS) is 17.2. The number of hydrogen-bond donors (Lipinski definition) is 4. The lowest BCUT2D eigenvalue weighted by molar-refractivity contribution is -0.126. The number of nitrogens with zero attached hydrogens (tertiary/aromatic N) is 2. The fourth-order valence-electron chi connectivity index (χ4n) is 5.49. The molecule has 0 aliphatic carbocycles. The van der Waals surface area contributed by atoms with Crippen LogP contribution in [-0.2, 0) is 26.0 Å². The molecular formula is C32H45N5O5S2. The molecule has 0 bridgehead atoms. The number of benzene rings is 2. The highest BCUT2D eigenvalue weighted by Crippen LogP contribution is 2.32. The Balaban J connectivity index is 1.50. The quantitative estimate of drug-likeness (QED) is 0.185. The molecule has 44 heavy (non-hydrogen) atoms. The van der Waals surface area contributed by atoms with Gasteiger partial charge in [0.1, 0.15) is 5.72 Å². The first-order valence-electron chi connectivity index (χ1n) is 15.2. The van der Waals surface area contributed by atoms with E-state index in [4.69, 9.17) is 0 Å². The van der Waals surface area contributed by atoms with E-state index in [1.807, 2.05) is 58.0 Å². The molecule has 1 aliphatic rings. The third kappa shape index (κ3) is 8.85. The molecule has 0 saturated carbocycles. The fraction of sp³-hybridized carbons (Fsp3) is 0.531. The molecule has 1 saturated heterocycles. The summed E-state index contributed by atoms with van der Waals surface area (Å²) in [7, 11) is -4.14. The van der Waals surface area contributed by atoms with Crippen LogP contribution in [0.1, 0.15) is 58.9 Å². The van der Waals surface area contributed by atoms with E-state index in [1.54, 1.807) is 17.6 Å². The molecule has 3 aromatic rings. The number of amides is 2. The molecule has 4 N–H and O–H groups in total. The summed E-state index contributed by atoms with van der Waals surface area (Å²) in [4.78, 5) is 29.8. The van der Waals surface area contributed by atoms with Crippen LogP contribution in [0.3, 0.4) is 0 Å². The molecule has 1 aliphatic heterocycles. The van der Waals surface area contributed by atoms with Gasteiger partial charge in [0.2, 0.25) is 21.8 Å². The molecule has 4 rings (SSSR count). The van der Waals surface area contributed by atoms with Gasteiger partial charge in [0.05, 0.1) is 26.7 Å². The standard InChI is InChI=1S/C32H45N5O5S2/c1-23(2)20-37(44(41,42)25-12-13-26-28(17-25)43-22-36-26)32(40,18-24-9-6-5-7-10-24)14-16-34-29(38)19-31(3,4)21-35-30(39)27-11-8-15-33-27/h5-7,9-10,12-13,17,22-23,27,33,40H,8,11,14-16,18-21H2,1-4H3,(H,34,38)(H,35,39). The Labute approximate surface area is 264 Å². The smallest absolute Gasteiger partial charge is 0.245 e. The third-order valence-electron chi connectivity index (χ3n) is 7.82. The molecule has 12 heteroatoms. The Kier molecular flexibility index (Phi) is 11.2. The van der Waals surface area contributed by atoms with Crippen molar-refractivity contribution in [3.8, 4) is 0 Å². The summed E-state index contributed by atoms with van der Waals surface area (Å²) in [5.41, 5.74) is 0.837. The van der Waals surface area contributed by atoms with Crippen molar-refractivity contribution >= 4 is 43.4 Å². The Hall–Kier alpha value is -2.90. The predicted molar refractivity (Wildman–Crippen MR) is 174 cm³/mol. The summed E-state index contributed by atoms with van der Waals surface area (Å²) >= 11 is 1.36. The highest BCUT2D eigenvalue weighted by atomic mass is 32.2. The third-order valence-corrected chi connectivity index (χ3v) is 10.5. The van der Waals surface area contributed by atoms with Crippen LogP contribution in [0.15, 0.2) is 58.9 Å². The molecule has 10 nitrogen and oxygen atoms in total. The van der Waals surface area contributed by atoms with Gasteiger partial charge in [-0.3, -0.25) is 9.59 Å². The molecule has 1 fully saturated rings. The van der Waals surface area contributed by atoms with Crippen LogP contribution in [0.25, 0.3) is 10.2 Å². The summed E-state index contributed by atoms with van der Waals surface area (Å²) in [6, 6.07) is 13.9. The van der Waals surface area contributed by atoms with Crippen molar-refractivity contribution in [1.29, 1.82) is 0 Å². The first-order chi connectivity index (χ1) is 20.8. The number of carbonyl (C=O) groups is 2. The number of thiazole rings is 1. The van der Waals surface area contributed by atoms with Crippen LogP contribution >= 0.6 is 11.3 Å². The maximum Gasteiger partial charge on any atom is 0.245 e. The minimum absolute atomic E-state index is 0.0209. The van der Waals surface area contributed by atoms with E-state index in [0.717, 1.165) is 29.6 Å². The van der Waals surface area contributed by atoms with E-state index in [-0.39, 0.29) is 61.0 Å². The van der Waals surface area contributed by atoms with E-state index < -0.39 is 21.2 Å². The SMILES string of the molecule is CC(C)CN(C(O)(CCNC(=O)CC(C)(C)CNC(=O)C1CCCN1)Cc1ccccc1)S(=O)(=O)c1ccc2ncsc2c1. The lowest BCUT2D eigenvalue weighted by atomic mass is 9.88. The molecule has 2 heterocycles. The molecule has 1 aromatic heterocycles. The number of carbonyl (C=O) groups excluding carboxylic acids is 2. The Bertz CT molecular complexity index is 1520. The minimum atomic E-state index is -4.14. The van der Waals surface area contributed by atoms with Crippen molar-refractivity contribution in [2.75, 3.05) is 26.2 Å². The summed E-state index contributed by atoms with van der Waals surface area (Å²) in [6.45, 7) is 8.97. The van der Waals surface area contributed by atoms with Crippen molar-refractivity contribution in [2.24, 2.45) is 11.3 Å². The van der Waals surface area contributed by atoms with Crippen LogP contribution in [0, 0.1) is 11.3 Å². The largest absolute Gasteiger partial charge is 0.374 e. The number of aromatic nitrogens is 1. The van der Waals surface area contributed by atoms with Crippen molar-refractivity contribution in [3.05, 3.63) is 59.6 Å². The van der Waals surface area contributed by atoms with Gasteiger partial charge in [-0.25, -0.2) is 13.4 Å². The molecule has 2 unspecified atom stereocenters. The summed E-state index contributed by atoms with van der Waals surface area (Å²) in [5, 5.41) is 21.3. The van der Waals surface area contributed by atoms with Gasteiger partial charge >= 0.3 is 0 Å². The average molecular weight is 644 g/mol. The zero-order valence-electron chi connectivity index (χ0n) is 26.0. The first kappa shape index (κ1) is 34.0. The minimum Gasteiger partial charge on any atom is -0.374 e. The lowest BCUT2D eigenvalue weighted by Crippen LogP contribution is -2.56. The van der Waals surface area contributed by atoms with Gasteiger partial charge in [0.15, 0.2) is 0 Å². The molecular weight excluding hydrogens is 599 g/mol. The topological polar surface area (TPSA) is 141 Å². The molecule has 2 amide bonds. The maximum atomic E-state index is 14.2. The van der Waals surface area contributed by atoms with Crippen LogP contribution in [-0.4, -0.2) is 72.6 Å². The van der Waals surface area contributed by atoms with Crippen LogP contribution in [0.4, 0.5) is 0 Å². The zero-order valence-corrected chi connectivity index (χ0v) is 27.6. The second-order valence-electron chi connectivity index (χ2n) is 12.9. The molecule has 2 atom stereocenters. The van der Waals surface area contributed by atoms with Gasteiger partial charge < -0.3 is 21.1 Å². The van der Waals surface area contributed by atoms with E-state index in [2.05, 4.69) is 20.9 Å². The number of rotatable bonds is 15. The van der Waals surface area contributed by atoms with Crippen molar-refractivity contribution in [1.82, 2.24) is 25.2 Å². The van der Waals surface area contributed by atoms with Gasteiger partial charge in [-0.2, -0.15) is 4.31 Å². The van der Waals surface area contributed by atoms with Gasteiger partial charge in [-0.05, 0) is 54.5 Å². The summed E-state index contributed by atoms with van der Waals surface area (Å²) < 4.78 is 30.3. The summed E-state index contributed by atoms with van der Waals surface area (Å²) in [5.74, 6) is -0.369. The van der Waals surface area contributed by atoms with Gasteiger partial charge in [0, 0.05) is 38.9 Å². The Morgan fingerprint density at radius 3 is 2.59 bits per heavy atom. The highest BCUT2D eigenvalue weighted by Gasteiger charge is 2.43. The van der Waals surface area contributed by atoms with Crippen molar-refractivity contribution < 1.29 is 23.1 Å². The van der Waals surface area contributed by atoms with Gasteiger partial charge in [0.25, 0.3) is 0 Å². The number of nitrogens with one attached hydrogen (secondary N) is 3. The second kappa shape index (κ2) is 14.5. The number of fused-ring (bicyclic) bond motifs is 1. The average Bonchev–Trinajstić information content (AvgIpc) is 3.67. The second-order valence-corrected chi connectivity index (χ2v) is 15.6. The van der Waals surface area contributed by atoms with E-state index in [9.17, 15) is 23.1 Å². The van der Waals surface area contributed by atoms with E-state index >= 15 is 0 Å². The van der Waals surface area contributed by atoms with Gasteiger partial charge in [-0.15, -0.1) is 11.3 Å². The number of sulfonamides is 1. The summed E-state index contributed by atoms with van der Waals surface area (Å²) in [6.07, 6.45) is 1.96. The molecule has 0 spiro atoms. The molecule has 240 valence electrons. The fourth-order valence-corrected chi connectivity index (χ4v) is 8.14. The highest BCUT2D eigenvalue weighted by molar-refractivity contribution is 7.89. The monoisotopic (exact) mass is 643 g/mol. The van der Waals surface area contributed by atoms with Crippen LogP contribution < -0.4 is 16.0 Å². The van der Waals surface area contributed by atoms with E-state index in [1.165, 1.54) is 21.7 Å². The van der Waals surface area contributed by atoms with Crippen molar-refractivity contribution in [2.45, 2.75) is 76.5 Å². The lowest BCUT2D eigenvalue weighted by Gasteiger charge is -2.40. The van der Waals surface area contributed by atoms with E-state index in [0.29, 0.717) is 12.1 Å². The van der Waals surface area contributed by atoms with Crippen molar-refractivity contribution in [3.63, 3.8) is 0 Å². The Morgan fingerprint density at radius 2 is 1.91 bits per heavy atom. The maximum absolute atomic E-state index is 14.2. The van der Waals surface area contributed by atoms with Crippen LogP contribution in [0.2, 0.25) is 0 Å². The number of aliphatic hydroxyl groups is 1. The van der Waals surface area contributed by atoms with Gasteiger partial charge in [-0.1, -0.05) is 58.0 Å². The molecule has 0 radical (unpaired) electrons. The molecule has 2 aromatic carbocycles. The predicted octanol–water partition coefficient (Wildman–Crippen LogP) is 3.67. The first-order valence-corrected chi connectivity index (χ1v) is 17.5. The number of hydrogen-bond acceptors (Lipinski definition) is 8. The van der Waals surface area contributed by atoms with Crippen LogP contribution in [0.5, 0.6) is 0 Å². The zero-order chi connectivity index (χ0) is 32.0.